The van der Waals surface area contributed by atoms with E-state index in [0.717, 1.165) is 22.5 Å². The number of ether oxygens (including phenoxy) is 1. The zero-order valence-electron chi connectivity index (χ0n) is 13.5. The van der Waals surface area contributed by atoms with Crippen molar-refractivity contribution in [3.8, 4) is 17.3 Å². The Bertz CT molecular complexity index is 810. The molecule has 5 heteroatoms. The average Bonchev–Trinajstić information content (AvgIpc) is 2.94. The number of aromatic nitrogens is 1. The summed E-state index contributed by atoms with van der Waals surface area (Å²) in [7, 11) is 1.87. The van der Waals surface area contributed by atoms with Crippen LogP contribution in [0.3, 0.4) is 0 Å². The molecule has 0 fully saturated rings. The second kappa shape index (κ2) is 5.47. The van der Waals surface area contributed by atoms with E-state index in [1.807, 2.05) is 43.7 Å². The maximum Gasteiger partial charge on any atom is 0.412 e. The van der Waals surface area contributed by atoms with Gasteiger partial charge in [0.1, 0.15) is 17.4 Å². The third-order valence-electron chi connectivity index (χ3n) is 4.71. The number of anilines is 1. The first kappa shape index (κ1) is 15.2. The minimum Gasteiger partial charge on any atom is -0.438 e. The molecule has 1 aromatic heterocycles. The number of amides is 1. The van der Waals surface area contributed by atoms with E-state index >= 15 is 0 Å². The number of nitrogens with one attached hydrogen (secondary N) is 1. The molecule has 23 heavy (non-hydrogen) atoms. The van der Waals surface area contributed by atoms with Gasteiger partial charge in [0.15, 0.2) is 0 Å². The Kier molecular flexibility index (Phi) is 3.61. The molecule has 1 aliphatic heterocycles. The molecule has 3 rings (SSSR count). The van der Waals surface area contributed by atoms with E-state index in [9.17, 15) is 4.79 Å². The van der Waals surface area contributed by atoms with Gasteiger partial charge in [0.2, 0.25) is 0 Å². The minimum absolute atomic E-state index is 0.403. The van der Waals surface area contributed by atoms with Gasteiger partial charge < -0.3 is 9.30 Å². The topological polar surface area (TPSA) is 67.0 Å². The molecular weight excluding hydrogens is 290 g/mol. The highest BCUT2D eigenvalue weighted by Gasteiger charge is 2.39. The fraction of sp³-hybridized carbons (Fsp3) is 0.333. The maximum atomic E-state index is 11.8. The van der Waals surface area contributed by atoms with Crippen LogP contribution in [-0.2, 0) is 17.4 Å². The van der Waals surface area contributed by atoms with Gasteiger partial charge in [-0.1, -0.05) is 19.9 Å². The van der Waals surface area contributed by atoms with Crippen molar-refractivity contribution in [1.29, 1.82) is 5.26 Å². The Hall–Kier alpha value is -2.74. The van der Waals surface area contributed by atoms with Crippen molar-refractivity contribution in [1.82, 2.24) is 4.57 Å². The molecule has 0 radical (unpaired) electrons. The third-order valence-corrected chi connectivity index (χ3v) is 4.71. The Labute approximate surface area is 135 Å². The van der Waals surface area contributed by atoms with Crippen molar-refractivity contribution >= 4 is 11.8 Å². The lowest BCUT2D eigenvalue weighted by Gasteiger charge is -2.37. The summed E-state index contributed by atoms with van der Waals surface area (Å²) < 4.78 is 7.50. The molecule has 0 aliphatic carbocycles. The molecule has 1 aliphatic rings. The molecule has 0 unspecified atom stereocenters. The summed E-state index contributed by atoms with van der Waals surface area (Å²) in [6, 6.07) is 11.8. The van der Waals surface area contributed by atoms with Crippen LogP contribution >= 0.6 is 0 Å². The zero-order valence-corrected chi connectivity index (χ0v) is 13.5. The highest BCUT2D eigenvalue weighted by molar-refractivity contribution is 5.89. The number of hydrogen-bond donors (Lipinski definition) is 1. The van der Waals surface area contributed by atoms with E-state index in [4.69, 9.17) is 10.00 Å². The van der Waals surface area contributed by atoms with E-state index in [0.29, 0.717) is 18.5 Å². The van der Waals surface area contributed by atoms with Gasteiger partial charge in [-0.25, -0.2) is 4.79 Å². The summed E-state index contributed by atoms with van der Waals surface area (Å²) in [5, 5.41) is 11.9. The molecule has 2 aromatic rings. The summed E-state index contributed by atoms with van der Waals surface area (Å²) in [5.74, 6) is 0. The number of rotatable bonds is 3. The lowest BCUT2D eigenvalue weighted by Crippen LogP contribution is -2.38. The van der Waals surface area contributed by atoms with Gasteiger partial charge in [0.05, 0.1) is 5.69 Å². The molecule has 0 bridgehead atoms. The molecule has 1 N–H and O–H groups in total. The van der Waals surface area contributed by atoms with E-state index in [1.54, 1.807) is 6.07 Å². The van der Waals surface area contributed by atoms with Gasteiger partial charge >= 0.3 is 6.09 Å². The molecular formula is C18H19N3O2. The number of cyclic esters (lactones) is 1. The van der Waals surface area contributed by atoms with Gasteiger partial charge in [-0.15, -0.1) is 0 Å². The van der Waals surface area contributed by atoms with E-state index < -0.39 is 11.7 Å². The Balaban J connectivity index is 2.16. The van der Waals surface area contributed by atoms with Gasteiger partial charge in [-0.2, -0.15) is 5.26 Å². The first-order chi connectivity index (χ1) is 11.0. The Morgan fingerprint density at radius 1 is 1.26 bits per heavy atom. The van der Waals surface area contributed by atoms with Gasteiger partial charge in [0, 0.05) is 18.3 Å². The summed E-state index contributed by atoms with van der Waals surface area (Å²) in [6.45, 7) is 4.05. The van der Waals surface area contributed by atoms with Crippen LogP contribution in [0, 0.1) is 11.3 Å². The summed E-state index contributed by atoms with van der Waals surface area (Å²) in [5.41, 5.74) is 3.75. The molecule has 0 spiro atoms. The fourth-order valence-corrected chi connectivity index (χ4v) is 3.25. The normalized spacial score (nSPS) is 15.3. The molecule has 0 saturated carbocycles. The van der Waals surface area contributed by atoms with E-state index in [-0.39, 0.29) is 0 Å². The standard InChI is InChI=1S/C18H19N3O2/c1-4-18(5-2)14-10-12(6-8-15(14)20-17(22)23-18)16-9-7-13(11-19)21(16)3/h6-10H,4-5H2,1-3H3,(H,20,22). The van der Waals surface area contributed by atoms with Crippen LogP contribution in [0.2, 0.25) is 0 Å². The quantitative estimate of drug-likeness (QED) is 0.926. The predicted molar refractivity (Wildman–Crippen MR) is 87.9 cm³/mol. The molecule has 2 heterocycles. The molecule has 1 aromatic carbocycles. The van der Waals surface area contributed by atoms with Crippen LogP contribution < -0.4 is 5.32 Å². The van der Waals surface area contributed by atoms with Crippen molar-refractivity contribution < 1.29 is 9.53 Å². The van der Waals surface area contributed by atoms with Gasteiger partial charge in [0.25, 0.3) is 0 Å². The van der Waals surface area contributed by atoms with Crippen molar-refractivity contribution in [2.24, 2.45) is 7.05 Å². The van der Waals surface area contributed by atoms with Crippen LogP contribution in [0.1, 0.15) is 37.9 Å². The maximum absolute atomic E-state index is 11.8. The highest BCUT2D eigenvalue weighted by atomic mass is 16.6. The van der Waals surface area contributed by atoms with Crippen LogP contribution in [0.5, 0.6) is 0 Å². The molecule has 5 nitrogen and oxygen atoms in total. The second-order valence-corrected chi connectivity index (χ2v) is 5.75. The van der Waals surface area contributed by atoms with Crippen LogP contribution in [-0.4, -0.2) is 10.7 Å². The first-order valence-corrected chi connectivity index (χ1v) is 7.75. The average molecular weight is 309 g/mol. The number of fused-ring (bicyclic) bond motifs is 1. The summed E-state index contributed by atoms with van der Waals surface area (Å²) >= 11 is 0. The number of carbonyl (C=O) groups excluding carboxylic acids is 1. The SMILES string of the molecule is CCC1(CC)OC(=O)Nc2ccc(-c3ccc(C#N)n3C)cc21. The highest BCUT2D eigenvalue weighted by Crippen LogP contribution is 2.42. The lowest BCUT2D eigenvalue weighted by atomic mass is 9.85. The second-order valence-electron chi connectivity index (χ2n) is 5.75. The monoisotopic (exact) mass is 309 g/mol. The van der Waals surface area contributed by atoms with Crippen LogP contribution in [0.15, 0.2) is 30.3 Å². The molecule has 0 saturated heterocycles. The largest absolute Gasteiger partial charge is 0.438 e. The van der Waals surface area contributed by atoms with Crippen molar-refractivity contribution in [2.45, 2.75) is 32.3 Å². The Morgan fingerprint density at radius 2 is 2.00 bits per heavy atom. The predicted octanol–water partition coefficient (Wildman–Crippen LogP) is 4.14. The lowest BCUT2D eigenvalue weighted by molar-refractivity contribution is 0.00476. The van der Waals surface area contributed by atoms with Crippen LogP contribution in [0.4, 0.5) is 10.5 Å². The summed E-state index contributed by atoms with van der Waals surface area (Å²) in [6.07, 6.45) is 1.02. The van der Waals surface area contributed by atoms with Crippen molar-refractivity contribution in [3.05, 3.63) is 41.6 Å². The van der Waals surface area contributed by atoms with E-state index in [2.05, 4.69) is 17.5 Å². The summed E-state index contributed by atoms with van der Waals surface area (Å²) in [4.78, 5) is 11.8. The van der Waals surface area contributed by atoms with Crippen molar-refractivity contribution in [3.63, 3.8) is 0 Å². The molecule has 0 atom stereocenters. The van der Waals surface area contributed by atoms with Crippen molar-refractivity contribution in [2.75, 3.05) is 5.32 Å². The molecule has 1 amide bonds. The number of nitrogens with zero attached hydrogens (tertiary/aromatic N) is 2. The number of nitriles is 1. The zero-order chi connectivity index (χ0) is 16.6. The van der Waals surface area contributed by atoms with E-state index in [1.165, 1.54) is 0 Å². The minimum atomic E-state index is -0.600. The van der Waals surface area contributed by atoms with Crippen LogP contribution in [0.25, 0.3) is 11.3 Å². The number of hydrogen-bond acceptors (Lipinski definition) is 3. The number of carbonyl (C=O) groups is 1. The van der Waals surface area contributed by atoms with Gasteiger partial charge in [-0.3, -0.25) is 5.32 Å². The smallest absolute Gasteiger partial charge is 0.412 e. The molecule has 118 valence electrons. The number of benzene rings is 1. The first-order valence-electron chi connectivity index (χ1n) is 7.75. The van der Waals surface area contributed by atoms with Gasteiger partial charge in [-0.05, 0) is 42.7 Å². The fourth-order valence-electron chi connectivity index (χ4n) is 3.25. The Morgan fingerprint density at radius 3 is 2.61 bits per heavy atom. The third kappa shape index (κ3) is 2.27.